The number of halogens is 1. The van der Waals surface area contributed by atoms with Crippen LogP contribution in [0.3, 0.4) is 0 Å². The van der Waals surface area contributed by atoms with Gasteiger partial charge in [0, 0.05) is 37.4 Å². The summed E-state index contributed by atoms with van der Waals surface area (Å²) < 4.78 is 33.6. The number of methoxy groups -OCH3 is 2. The Morgan fingerprint density at radius 1 is 1.07 bits per heavy atom. The van der Waals surface area contributed by atoms with Crippen LogP contribution in [0.4, 0.5) is 4.39 Å². The van der Waals surface area contributed by atoms with Crippen LogP contribution in [0, 0.1) is 17.1 Å². The molecule has 0 saturated heterocycles. The zero-order chi connectivity index (χ0) is 29.6. The number of imidazole rings is 1. The highest BCUT2D eigenvalue weighted by Gasteiger charge is 2.16. The molecule has 0 atom stereocenters. The molecule has 10 nitrogen and oxygen atoms in total. The van der Waals surface area contributed by atoms with Crippen LogP contribution in [0.25, 0.3) is 22.3 Å². The molecule has 3 aromatic carbocycles. The number of nitriles is 1. The highest BCUT2D eigenvalue weighted by molar-refractivity contribution is 5.92. The zero-order valence-electron chi connectivity index (χ0n) is 22.9. The molecule has 5 rings (SSSR count). The van der Waals surface area contributed by atoms with E-state index in [1.54, 1.807) is 55.6 Å². The van der Waals surface area contributed by atoms with Gasteiger partial charge in [0.25, 0.3) is 0 Å². The lowest BCUT2D eigenvalue weighted by molar-refractivity contribution is 0.0697. The number of hydrogen-bond donors (Lipinski definition) is 1. The molecular formula is C31H26FN5O5. The van der Waals surface area contributed by atoms with Gasteiger partial charge in [-0.3, -0.25) is 0 Å². The number of aromatic nitrogens is 4. The molecule has 0 amide bonds. The van der Waals surface area contributed by atoms with Crippen molar-refractivity contribution in [3.05, 3.63) is 101 Å². The first-order valence-corrected chi connectivity index (χ1v) is 12.9. The van der Waals surface area contributed by atoms with E-state index in [9.17, 15) is 9.90 Å². The smallest absolute Gasteiger partial charge is 0.335 e. The molecule has 0 radical (unpaired) electrons. The summed E-state index contributed by atoms with van der Waals surface area (Å²) in [6, 6.07) is 18.4. The number of benzene rings is 3. The van der Waals surface area contributed by atoms with Gasteiger partial charge in [0.2, 0.25) is 0 Å². The Morgan fingerprint density at radius 2 is 1.93 bits per heavy atom. The predicted octanol–water partition coefficient (Wildman–Crippen LogP) is 5.03. The van der Waals surface area contributed by atoms with Crippen molar-refractivity contribution < 1.29 is 28.5 Å². The topological polar surface area (TPSA) is 132 Å². The SMILES string of the molecule is COCCn1c(Cc2ccc(-c3ccnc(OCc4ccc(C#N)cc4OC)n3)c(F)c2)nc2ccc(C(=O)O)cc21. The third-order valence-corrected chi connectivity index (χ3v) is 6.67. The molecular weight excluding hydrogens is 541 g/mol. The summed E-state index contributed by atoms with van der Waals surface area (Å²) >= 11 is 0. The Kier molecular flexibility index (Phi) is 8.36. The molecule has 5 aromatic rings. The second-order valence-electron chi connectivity index (χ2n) is 9.32. The van der Waals surface area contributed by atoms with Crippen LogP contribution in [0.5, 0.6) is 11.8 Å². The largest absolute Gasteiger partial charge is 0.496 e. The lowest BCUT2D eigenvalue weighted by atomic mass is 10.1. The number of carbonyl (C=O) groups is 1. The number of carboxylic acids is 1. The van der Waals surface area contributed by atoms with Crippen LogP contribution in [0.1, 0.15) is 32.9 Å². The first-order chi connectivity index (χ1) is 20.4. The highest BCUT2D eigenvalue weighted by Crippen LogP contribution is 2.26. The number of fused-ring (bicyclic) bond motifs is 1. The summed E-state index contributed by atoms with van der Waals surface area (Å²) in [5.74, 6) is -0.334. The van der Waals surface area contributed by atoms with Crippen LogP contribution in [0.15, 0.2) is 66.9 Å². The summed E-state index contributed by atoms with van der Waals surface area (Å²) in [7, 11) is 3.09. The summed E-state index contributed by atoms with van der Waals surface area (Å²) in [5, 5.41) is 18.5. The molecule has 0 aliphatic carbocycles. The van der Waals surface area contributed by atoms with Crippen LogP contribution in [-0.4, -0.2) is 51.4 Å². The maximum atomic E-state index is 15.4. The van der Waals surface area contributed by atoms with Crippen LogP contribution in [0.2, 0.25) is 0 Å². The average Bonchev–Trinajstić information content (AvgIpc) is 3.34. The molecule has 212 valence electrons. The first kappa shape index (κ1) is 28.2. The van der Waals surface area contributed by atoms with Crippen LogP contribution >= 0.6 is 0 Å². The quantitative estimate of drug-likeness (QED) is 0.233. The van der Waals surface area contributed by atoms with Crippen molar-refractivity contribution in [3.63, 3.8) is 0 Å². The number of aromatic carboxylic acids is 1. The lowest BCUT2D eigenvalue weighted by Gasteiger charge is -2.11. The van der Waals surface area contributed by atoms with E-state index >= 15 is 4.39 Å². The molecule has 0 fully saturated rings. The summed E-state index contributed by atoms with van der Waals surface area (Å²) in [5.41, 5.74) is 3.96. The van der Waals surface area contributed by atoms with Crippen molar-refractivity contribution in [3.8, 4) is 29.1 Å². The molecule has 11 heteroatoms. The van der Waals surface area contributed by atoms with E-state index in [0.29, 0.717) is 64.6 Å². The number of nitrogens with zero attached hydrogens (tertiary/aromatic N) is 5. The number of hydrogen-bond acceptors (Lipinski definition) is 8. The Balaban J connectivity index is 1.36. The van der Waals surface area contributed by atoms with Gasteiger partial charge in [-0.2, -0.15) is 10.2 Å². The van der Waals surface area contributed by atoms with E-state index in [1.165, 1.54) is 25.4 Å². The van der Waals surface area contributed by atoms with Gasteiger partial charge in [-0.15, -0.1) is 0 Å². The van der Waals surface area contributed by atoms with Crippen LogP contribution in [-0.2, 0) is 24.3 Å². The van der Waals surface area contributed by atoms with E-state index < -0.39 is 11.8 Å². The Hall–Kier alpha value is -5.34. The summed E-state index contributed by atoms with van der Waals surface area (Å²) in [6.07, 6.45) is 1.81. The van der Waals surface area contributed by atoms with E-state index in [-0.39, 0.29) is 23.7 Å². The fourth-order valence-corrected chi connectivity index (χ4v) is 4.57. The first-order valence-electron chi connectivity index (χ1n) is 12.9. The molecule has 0 aliphatic heterocycles. The Bertz CT molecular complexity index is 1810. The molecule has 0 aliphatic rings. The minimum Gasteiger partial charge on any atom is -0.496 e. The maximum Gasteiger partial charge on any atom is 0.335 e. The van der Waals surface area contributed by atoms with E-state index in [2.05, 4.69) is 21.0 Å². The molecule has 2 aromatic heterocycles. The molecule has 42 heavy (non-hydrogen) atoms. The molecule has 1 N–H and O–H groups in total. The second kappa shape index (κ2) is 12.4. The monoisotopic (exact) mass is 567 g/mol. The maximum absolute atomic E-state index is 15.4. The Morgan fingerprint density at radius 3 is 2.67 bits per heavy atom. The standard InChI is InChI=1S/C31H26FN5O5/c1-40-12-11-37-27-16-21(30(38)39)6-8-26(27)35-29(37)15-19-4-7-23(24(32)13-19)25-9-10-34-31(36-25)42-18-22-5-3-20(17-33)14-28(22)41-2/h3-10,13-14,16H,11-12,15,18H2,1-2H3,(H,38,39). The van der Waals surface area contributed by atoms with Gasteiger partial charge in [-0.05, 0) is 54.1 Å². The molecule has 0 saturated carbocycles. The summed E-state index contributed by atoms with van der Waals surface area (Å²) in [4.78, 5) is 24.7. The summed E-state index contributed by atoms with van der Waals surface area (Å²) in [6.45, 7) is 0.959. The van der Waals surface area contributed by atoms with Gasteiger partial charge in [0.15, 0.2) is 0 Å². The fraction of sp³-hybridized carbons (Fsp3) is 0.194. The van der Waals surface area contributed by atoms with Crippen molar-refractivity contribution >= 4 is 17.0 Å². The van der Waals surface area contributed by atoms with Crippen molar-refractivity contribution in [1.82, 2.24) is 19.5 Å². The van der Waals surface area contributed by atoms with Crippen molar-refractivity contribution in [2.45, 2.75) is 19.6 Å². The molecule has 0 unspecified atom stereocenters. The van der Waals surface area contributed by atoms with Gasteiger partial charge < -0.3 is 23.9 Å². The highest BCUT2D eigenvalue weighted by atomic mass is 19.1. The Labute approximate surface area is 240 Å². The third kappa shape index (κ3) is 6.04. The fourth-order valence-electron chi connectivity index (χ4n) is 4.57. The number of carboxylic acid groups (broad SMARTS) is 1. The van der Waals surface area contributed by atoms with Crippen LogP contribution < -0.4 is 9.47 Å². The zero-order valence-corrected chi connectivity index (χ0v) is 22.9. The van der Waals surface area contributed by atoms with Crippen molar-refractivity contribution in [2.75, 3.05) is 20.8 Å². The molecule has 0 spiro atoms. The molecule has 2 heterocycles. The van der Waals surface area contributed by atoms with E-state index in [0.717, 1.165) is 0 Å². The van der Waals surface area contributed by atoms with Crippen molar-refractivity contribution in [2.24, 2.45) is 0 Å². The van der Waals surface area contributed by atoms with Crippen molar-refractivity contribution in [1.29, 1.82) is 5.26 Å². The van der Waals surface area contributed by atoms with Gasteiger partial charge >= 0.3 is 12.0 Å². The van der Waals surface area contributed by atoms with Gasteiger partial charge in [-0.25, -0.2) is 19.2 Å². The normalized spacial score (nSPS) is 10.9. The number of rotatable bonds is 11. The average molecular weight is 568 g/mol. The minimum atomic E-state index is -1.03. The lowest BCUT2D eigenvalue weighted by Crippen LogP contribution is -2.09. The van der Waals surface area contributed by atoms with Gasteiger partial charge in [0.1, 0.15) is 24.0 Å². The minimum absolute atomic E-state index is 0.0648. The van der Waals surface area contributed by atoms with Gasteiger partial charge in [-0.1, -0.05) is 12.1 Å². The third-order valence-electron chi connectivity index (χ3n) is 6.67. The molecule has 0 bridgehead atoms. The predicted molar refractivity (Wildman–Crippen MR) is 151 cm³/mol. The number of ether oxygens (including phenoxy) is 3. The van der Waals surface area contributed by atoms with E-state index in [1.807, 2.05) is 4.57 Å². The second-order valence-corrected chi connectivity index (χ2v) is 9.32. The van der Waals surface area contributed by atoms with Gasteiger partial charge in [0.05, 0.1) is 47.6 Å². The van der Waals surface area contributed by atoms with E-state index in [4.69, 9.17) is 19.5 Å².